The molecule has 0 saturated carbocycles. The lowest BCUT2D eigenvalue weighted by Gasteiger charge is -2.19. The molecule has 0 spiro atoms. The number of nitrogen functional groups attached to an aromatic ring is 1. The summed E-state index contributed by atoms with van der Waals surface area (Å²) >= 11 is 7.85. The van der Waals surface area contributed by atoms with E-state index in [4.69, 9.17) is 17.3 Å². The second-order valence-corrected chi connectivity index (χ2v) is 9.04. The third-order valence-electron chi connectivity index (χ3n) is 5.10. The predicted molar refractivity (Wildman–Crippen MR) is 130 cm³/mol. The summed E-state index contributed by atoms with van der Waals surface area (Å²) in [7, 11) is 0. The van der Waals surface area contributed by atoms with Gasteiger partial charge in [-0.3, -0.25) is 4.57 Å². The molecule has 3 aromatic carbocycles. The Morgan fingerprint density at radius 1 is 0.903 bits per heavy atom. The fourth-order valence-electron chi connectivity index (χ4n) is 3.46. The number of nitrogens with zero attached hydrogens (tertiary/aromatic N) is 3. The van der Waals surface area contributed by atoms with E-state index in [1.165, 1.54) is 16.7 Å². The molecule has 0 aliphatic carbocycles. The van der Waals surface area contributed by atoms with Gasteiger partial charge in [-0.15, -0.1) is 10.2 Å². The number of hydrogen-bond acceptors (Lipinski definition) is 4. The monoisotopic (exact) mass is 448 g/mol. The Morgan fingerprint density at radius 2 is 1.52 bits per heavy atom. The zero-order valence-electron chi connectivity index (χ0n) is 17.6. The van der Waals surface area contributed by atoms with Gasteiger partial charge in [0.15, 0.2) is 5.16 Å². The highest BCUT2D eigenvalue weighted by Gasteiger charge is 2.22. The van der Waals surface area contributed by atoms with Gasteiger partial charge in [0.2, 0.25) is 0 Å². The molecule has 4 rings (SSSR count). The molecule has 1 heterocycles. The van der Waals surface area contributed by atoms with Gasteiger partial charge in [0.25, 0.3) is 0 Å². The fraction of sp³-hybridized carbons (Fsp3) is 0.200. The molecule has 2 N–H and O–H groups in total. The van der Waals surface area contributed by atoms with Crippen molar-refractivity contribution < 1.29 is 0 Å². The Bertz CT molecular complexity index is 1090. The van der Waals surface area contributed by atoms with Crippen molar-refractivity contribution in [3.05, 3.63) is 100 Å². The second kappa shape index (κ2) is 9.58. The van der Waals surface area contributed by atoms with Crippen LogP contribution in [0.2, 0.25) is 5.02 Å². The van der Waals surface area contributed by atoms with Crippen LogP contribution in [0.1, 0.15) is 41.1 Å². The summed E-state index contributed by atoms with van der Waals surface area (Å²) in [4.78, 5) is 0. The van der Waals surface area contributed by atoms with Crippen molar-refractivity contribution in [1.29, 1.82) is 0 Å². The lowest BCUT2D eigenvalue weighted by atomic mass is 10.0. The van der Waals surface area contributed by atoms with E-state index in [2.05, 4.69) is 65.0 Å². The lowest BCUT2D eigenvalue weighted by Crippen LogP contribution is -2.05. The van der Waals surface area contributed by atoms with Crippen molar-refractivity contribution in [3.8, 4) is 5.69 Å². The Hall–Kier alpha value is -2.76. The van der Waals surface area contributed by atoms with Crippen LogP contribution in [0.3, 0.4) is 0 Å². The van der Waals surface area contributed by atoms with E-state index in [9.17, 15) is 0 Å². The third-order valence-corrected chi connectivity index (χ3v) is 6.61. The summed E-state index contributed by atoms with van der Waals surface area (Å²) in [5, 5.41) is 10.7. The van der Waals surface area contributed by atoms with Crippen LogP contribution in [0.5, 0.6) is 0 Å². The van der Waals surface area contributed by atoms with Crippen molar-refractivity contribution >= 4 is 29.1 Å². The average Bonchev–Trinajstić information content (AvgIpc) is 3.17. The zero-order chi connectivity index (χ0) is 21.8. The van der Waals surface area contributed by atoms with Crippen LogP contribution in [-0.4, -0.2) is 14.8 Å². The van der Waals surface area contributed by atoms with Crippen LogP contribution >= 0.6 is 23.4 Å². The summed E-state index contributed by atoms with van der Waals surface area (Å²) in [6.07, 6.45) is 1.85. The van der Waals surface area contributed by atoms with E-state index in [1.54, 1.807) is 11.8 Å². The van der Waals surface area contributed by atoms with E-state index in [1.807, 2.05) is 36.4 Å². The number of anilines is 1. The van der Waals surface area contributed by atoms with Crippen LogP contribution in [0, 0.1) is 6.92 Å². The zero-order valence-corrected chi connectivity index (χ0v) is 19.2. The standard InChI is InChI=1S/C25H25ClN4S/c1-3-4-23-28-29-25(30(23)22-15-13-21(27)14-16-22)31-24(18-7-5-17(2)6-8-18)19-9-11-20(26)12-10-19/h5-16,24H,3-4,27H2,1-2H3. The molecule has 0 bridgehead atoms. The minimum Gasteiger partial charge on any atom is -0.399 e. The van der Waals surface area contributed by atoms with Gasteiger partial charge in [0.05, 0.1) is 5.25 Å². The molecule has 0 aliphatic heterocycles. The topological polar surface area (TPSA) is 56.7 Å². The first-order valence-corrected chi connectivity index (χ1v) is 11.6. The Morgan fingerprint density at radius 3 is 2.13 bits per heavy atom. The number of hydrogen-bond donors (Lipinski definition) is 1. The van der Waals surface area contributed by atoms with Gasteiger partial charge in [0, 0.05) is 22.8 Å². The minimum absolute atomic E-state index is 0.0593. The first-order chi connectivity index (χ1) is 15.0. The average molecular weight is 449 g/mol. The van der Waals surface area contributed by atoms with Crippen molar-refractivity contribution in [2.45, 2.75) is 37.1 Å². The van der Waals surface area contributed by atoms with Crippen LogP contribution in [-0.2, 0) is 6.42 Å². The smallest absolute Gasteiger partial charge is 0.196 e. The maximum absolute atomic E-state index is 6.16. The number of nitrogens with two attached hydrogens (primary N) is 1. The molecular weight excluding hydrogens is 424 g/mol. The van der Waals surface area contributed by atoms with Crippen LogP contribution in [0.25, 0.3) is 5.69 Å². The molecule has 0 fully saturated rings. The first-order valence-electron chi connectivity index (χ1n) is 10.3. The van der Waals surface area contributed by atoms with Crippen molar-refractivity contribution in [3.63, 3.8) is 0 Å². The van der Waals surface area contributed by atoms with Gasteiger partial charge >= 0.3 is 0 Å². The van der Waals surface area contributed by atoms with Gasteiger partial charge in [-0.25, -0.2) is 0 Å². The fourth-order valence-corrected chi connectivity index (χ4v) is 4.79. The number of halogens is 1. The maximum atomic E-state index is 6.16. The lowest BCUT2D eigenvalue weighted by molar-refractivity contribution is 0.783. The number of benzene rings is 3. The SMILES string of the molecule is CCCc1nnc(SC(c2ccc(C)cc2)c2ccc(Cl)cc2)n1-c1ccc(N)cc1. The number of rotatable bonds is 7. The third kappa shape index (κ3) is 4.94. The molecule has 0 aliphatic rings. The van der Waals surface area contributed by atoms with Crippen molar-refractivity contribution in [1.82, 2.24) is 14.8 Å². The molecule has 1 atom stereocenters. The largest absolute Gasteiger partial charge is 0.399 e. The minimum atomic E-state index is 0.0593. The quantitative estimate of drug-likeness (QED) is 0.254. The van der Waals surface area contributed by atoms with Gasteiger partial charge in [-0.1, -0.05) is 72.2 Å². The van der Waals surface area contributed by atoms with Gasteiger partial charge in [-0.2, -0.15) is 0 Å². The number of aryl methyl sites for hydroxylation is 2. The Labute approximate surface area is 192 Å². The molecule has 31 heavy (non-hydrogen) atoms. The van der Waals surface area contributed by atoms with Crippen LogP contribution in [0.4, 0.5) is 5.69 Å². The van der Waals surface area contributed by atoms with E-state index in [-0.39, 0.29) is 5.25 Å². The first kappa shape index (κ1) is 21.5. The highest BCUT2D eigenvalue weighted by molar-refractivity contribution is 7.99. The van der Waals surface area contributed by atoms with E-state index < -0.39 is 0 Å². The summed E-state index contributed by atoms with van der Waals surface area (Å²) in [5.41, 5.74) is 11.3. The summed E-state index contributed by atoms with van der Waals surface area (Å²) < 4.78 is 2.14. The summed E-state index contributed by atoms with van der Waals surface area (Å²) in [5.74, 6) is 0.952. The highest BCUT2D eigenvalue weighted by atomic mass is 35.5. The number of aromatic nitrogens is 3. The van der Waals surface area contributed by atoms with Gasteiger partial charge in [-0.05, 0) is 60.9 Å². The predicted octanol–water partition coefficient (Wildman–Crippen LogP) is 6.65. The second-order valence-electron chi connectivity index (χ2n) is 7.54. The molecule has 158 valence electrons. The normalized spacial score (nSPS) is 12.1. The molecule has 4 nitrogen and oxygen atoms in total. The van der Waals surface area contributed by atoms with E-state index in [0.29, 0.717) is 0 Å². The molecule has 1 unspecified atom stereocenters. The Kier molecular flexibility index (Phi) is 6.64. The van der Waals surface area contributed by atoms with Gasteiger partial charge < -0.3 is 5.73 Å². The molecule has 0 amide bonds. The van der Waals surface area contributed by atoms with E-state index >= 15 is 0 Å². The summed E-state index contributed by atoms with van der Waals surface area (Å²) in [6.45, 7) is 4.25. The number of thioether (sulfide) groups is 1. The maximum Gasteiger partial charge on any atom is 0.196 e. The highest BCUT2D eigenvalue weighted by Crippen LogP contribution is 2.41. The van der Waals surface area contributed by atoms with E-state index in [0.717, 1.165) is 40.2 Å². The molecule has 0 saturated heterocycles. The van der Waals surface area contributed by atoms with Crippen LogP contribution < -0.4 is 5.73 Å². The molecule has 1 aromatic heterocycles. The van der Waals surface area contributed by atoms with Gasteiger partial charge in [0.1, 0.15) is 5.82 Å². The molecule has 6 heteroatoms. The van der Waals surface area contributed by atoms with Crippen molar-refractivity contribution in [2.24, 2.45) is 0 Å². The van der Waals surface area contributed by atoms with Crippen molar-refractivity contribution in [2.75, 3.05) is 5.73 Å². The molecular formula is C25H25ClN4S. The molecule has 4 aromatic rings. The summed E-state index contributed by atoms with van der Waals surface area (Å²) in [6, 6.07) is 24.5. The van der Waals surface area contributed by atoms with Crippen LogP contribution in [0.15, 0.2) is 78.0 Å². The Balaban J connectivity index is 1.78. The molecule has 0 radical (unpaired) electrons.